The number of fused-ring (bicyclic) bond motifs is 4. The van der Waals surface area contributed by atoms with Gasteiger partial charge in [0, 0.05) is 48.6 Å². The quantitative estimate of drug-likeness (QED) is 0.0669. The largest absolute Gasteiger partial charge is 0.871 e. The SMILES string of the molecule is CC#CC(CCCC)n1c(=O)c2cc3c(=O)n(CCN(CC)c4ccc(C5=C([O-])C(=C6C=CC(=[N+](CC)CCn7c(=O)c8cc9c(=O)n(C(C#CC)CCCC)c(=O)c9cc8c7=O)C=C6)C5=O)cc4)c(=O)c3cc2c1=O. The molecule has 3 aromatic carbocycles. The number of Topliss-reactive ketones (excluding diaryl/α,β-unsaturated/α-hetero) is 1. The number of rotatable bonds is 18. The number of anilines is 1. The molecule has 4 aromatic heterocycles. The normalized spacial score (nSPS) is 14.2. The van der Waals surface area contributed by atoms with Crippen LogP contribution in [0.15, 0.2) is 128 Å². The van der Waals surface area contributed by atoms with Crippen molar-refractivity contribution in [2.75, 3.05) is 31.1 Å². The smallest absolute Gasteiger partial charge is 0.262 e. The molecular weight excluding hydrogens is 965 g/mol. The van der Waals surface area contributed by atoms with Gasteiger partial charge in [0.05, 0.1) is 49.6 Å². The Hall–Kier alpha value is -8.76. The van der Waals surface area contributed by atoms with Crippen LogP contribution >= 0.6 is 0 Å². The predicted molar refractivity (Wildman–Crippen MR) is 296 cm³/mol. The lowest BCUT2D eigenvalue weighted by Crippen LogP contribution is -2.34. The number of ketones is 1. The molecule has 0 aliphatic heterocycles. The monoisotopic (exact) mass is 1020 g/mol. The van der Waals surface area contributed by atoms with E-state index >= 15 is 0 Å². The van der Waals surface area contributed by atoms with Gasteiger partial charge in [0.2, 0.25) is 0 Å². The van der Waals surface area contributed by atoms with Crippen molar-refractivity contribution in [3.05, 3.63) is 178 Å². The molecule has 2 atom stereocenters. The Balaban J connectivity index is 0.885. The van der Waals surface area contributed by atoms with Gasteiger partial charge in [-0.15, -0.1) is 11.8 Å². The lowest BCUT2D eigenvalue weighted by Gasteiger charge is -2.32. The Morgan fingerprint density at radius 1 is 0.553 bits per heavy atom. The fourth-order valence-electron chi connectivity index (χ4n) is 10.7. The summed E-state index contributed by atoms with van der Waals surface area (Å²) >= 11 is 0. The molecule has 386 valence electrons. The number of likely N-dealkylation sites (N-methyl/N-ethyl adjacent to an activating group) is 2. The number of hydrogen-bond donors (Lipinski definition) is 0. The minimum absolute atomic E-state index is 0.0185. The second-order valence-electron chi connectivity index (χ2n) is 19.1. The van der Waals surface area contributed by atoms with Crippen LogP contribution in [0.2, 0.25) is 0 Å². The number of hydrogen-bond acceptors (Lipinski definition) is 11. The van der Waals surface area contributed by atoms with E-state index in [9.17, 15) is 48.3 Å². The predicted octanol–water partition coefficient (Wildman–Crippen LogP) is 4.42. The van der Waals surface area contributed by atoms with Crippen LogP contribution < -0.4 is 54.5 Å². The zero-order valence-corrected chi connectivity index (χ0v) is 43.3. The molecule has 0 bridgehead atoms. The van der Waals surface area contributed by atoms with Gasteiger partial charge in [-0.1, -0.05) is 69.3 Å². The van der Waals surface area contributed by atoms with E-state index in [4.69, 9.17) is 0 Å². The van der Waals surface area contributed by atoms with Crippen LogP contribution in [0.3, 0.4) is 0 Å². The van der Waals surface area contributed by atoms with E-state index in [0.29, 0.717) is 37.1 Å². The van der Waals surface area contributed by atoms with E-state index < -0.39 is 68.1 Å². The van der Waals surface area contributed by atoms with Crippen molar-refractivity contribution >= 4 is 65.8 Å². The summed E-state index contributed by atoms with van der Waals surface area (Å²) in [7, 11) is 0. The summed E-state index contributed by atoms with van der Waals surface area (Å²) in [6.07, 6.45) is 11.2. The van der Waals surface area contributed by atoms with E-state index in [-0.39, 0.29) is 80.4 Å². The Kier molecular flexibility index (Phi) is 14.6. The van der Waals surface area contributed by atoms with Crippen LogP contribution in [0.1, 0.15) is 97.7 Å². The summed E-state index contributed by atoms with van der Waals surface area (Å²) in [6.45, 7) is 12.7. The second kappa shape index (κ2) is 21.2. The lowest BCUT2D eigenvalue weighted by atomic mass is 9.80. The molecule has 2 aliphatic carbocycles. The van der Waals surface area contributed by atoms with Gasteiger partial charge in [0.15, 0.2) is 18.0 Å². The van der Waals surface area contributed by atoms with Gasteiger partial charge >= 0.3 is 0 Å². The fourth-order valence-corrected chi connectivity index (χ4v) is 10.7. The van der Waals surface area contributed by atoms with E-state index in [1.807, 2.05) is 37.2 Å². The Bertz CT molecular complexity index is 4140. The summed E-state index contributed by atoms with van der Waals surface area (Å²) < 4.78 is 6.44. The summed E-state index contributed by atoms with van der Waals surface area (Å²) in [5.41, 5.74) is -1.93. The third kappa shape index (κ3) is 8.77. The zero-order chi connectivity index (χ0) is 54.3. The molecule has 2 unspecified atom stereocenters. The van der Waals surface area contributed by atoms with Crippen molar-refractivity contribution in [3.63, 3.8) is 0 Å². The molecule has 7 aromatic rings. The number of allylic oxidation sites excluding steroid dienone is 7. The van der Waals surface area contributed by atoms with Crippen LogP contribution in [-0.2, 0) is 17.9 Å². The van der Waals surface area contributed by atoms with Crippen LogP contribution in [0.4, 0.5) is 5.69 Å². The number of nitrogens with zero attached hydrogens (tertiary/aromatic N) is 6. The standard InChI is InChI=1S/C60H56N6O10/c1-7-13-17-39(15-9-3)65-57(73)45-31-41-42(32-46(45)58(65)74)54(70)63(53(41)69)29-27-61(11-5)37-23-19-35(20-24-37)49-51(67)50(52(49)68)36-21-25-38(26-22-36)62(12-6)28-30-64-55(71)43-33-47-48(34-44(43)56(64)72)60(76)66(59(47)75)40(16-10-4)18-14-8-2/h19-26,31-34,39-40H,7-8,11-14,17-18,27-30H2,1-6H3. The first-order chi connectivity index (χ1) is 36.6. The van der Waals surface area contributed by atoms with Crippen molar-refractivity contribution in [1.82, 2.24) is 18.3 Å². The van der Waals surface area contributed by atoms with E-state index in [1.54, 1.807) is 62.4 Å². The van der Waals surface area contributed by atoms with Gasteiger partial charge in [0.25, 0.3) is 44.5 Å². The third-order valence-corrected chi connectivity index (χ3v) is 14.8. The number of carbonyl (C=O) groups excluding carboxylic acids is 1. The highest BCUT2D eigenvalue weighted by molar-refractivity contribution is 6.39. The summed E-state index contributed by atoms with van der Waals surface area (Å²) in [5, 5.41) is 14.2. The maximum atomic E-state index is 13.7. The first kappa shape index (κ1) is 52.1. The molecular formula is C60H56N6O10. The van der Waals surface area contributed by atoms with Crippen molar-refractivity contribution in [1.29, 1.82) is 0 Å². The number of carbonyl (C=O) groups is 1. The Labute approximate surface area is 435 Å². The molecule has 0 saturated carbocycles. The van der Waals surface area contributed by atoms with Crippen LogP contribution in [-0.4, -0.2) is 60.5 Å². The van der Waals surface area contributed by atoms with Crippen molar-refractivity contribution < 1.29 is 14.5 Å². The Morgan fingerprint density at radius 2 is 0.974 bits per heavy atom. The van der Waals surface area contributed by atoms with Gasteiger partial charge in [0.1, 0.15) is 18.6 Å². The first-order valence-corrected chi connectivity index (χ1v) is 25.9. The highest BCUT2D eigenvalue weighted by Gasteiger charge is 2.31. The van der Waals surface area contributed by atoms with Gasteiger partial charge in [-0.3, -0.25) is 61.4 Å². The molecule has 2 aliphatic rings. The minimum atomic E-state index is -0.609. The van der Waals surface area contributed by atoms with Crippen molar-refractivity contribution in [2.24, 2.45) is 0 Å². The highest BCUT2D eigenvalue weighted by atomic mass is 16.3. The zero-order valence-electron chi connectivity index (χ0n) is 43.3. The molecule has 0 amide bonds. The maximum Gasteiger partial charge on any atom is 0.262 e. The van der Waals surface area contributed by atoms with Gasteiger partial charge in [-0.25, -0.2) is 4.58 Å². The van der Waals surface area contributed by atoms with Gasteiger partial charge < -0.3 is 10.0 Å². The van der Waals surface area contributed by atoms with Crippen LogP contribution in [0.25, 0.3) is 48.7 Å². The molecule has 16 nitrogen and oxygen atoms in total. The molecule has 9 rings (SSSR count). The van der Waals surface area contributed by atoms with E-state index in [0.717, 1.165) is 55.4 Å². The molecule has 4 heterocycles. The minimum Gasteiger partial charge on any atom is -0.871 e. The molecule has 76 heavy (non-hydrogen) atoms. The molecule has 0 radical (unpaired) electrons. The average Bonchev–Trinajstić information content (AvgIpc) is 4.01. The number of unbranched alkanes of at least 4 members (excludes halogenated alkanes) is 2. The van der Waals surface area contributed by atoms with E-state index in [1.165, 1.54) is 24.3 Å². The van der Waals surface area contributed by atoms with E-state index in [2.05, 4.69) is 23.7 Å². The second-order valence-corrected chi connectivity index (χ2v) is 19.1. The van der Waals surface area contributed by atoms with Gasteiger partial charge in [-0.2, -0.15) is 0 Å². The molecule has 0 saturated heterocycles. The highest BCUT2D eigenvalue weighted by Crippen LogP contribution is 2.38. The topological polar surface area (TPSA) is 203 Å². The summed E-state index contributed by atoms with van der Waals surface area (Å²) in [4.78, 5) is 124. The maximum absolute atomic E-state index is 13.7. The van der Waals surface area contributed by atoms with Crippen molar-refractivity contribution in [2.45, 2.75) is 105 Å². The fraction of sp³-hybridized carbons (Fsp3) is 0.333. The molecule has 16 heteroatoms. The van der Waals surface area contributed by atoms with Crippen LogP contribution in [0.5, 0.6) is 0 Å². The molecule has 0 N–H and O–H groups in total. The van der Waals surface area contributed by atoms with Gasteiger partial charge in [-0.05, 0) is 100 Å². The summed E-state index contributed by atoms with van der Waals surface area (Å²) in [5.74, 6) is 10.7. The van der Waals surface area contributed by atoms with Crippen molar-refractivity contribution in [3.8, 4) is 23.7 Å². The lowest BCUT2D eigenvalue weighted by molar-refractivity contribution is -0.524. The van der Waals surface area contributed by atoms with Crippen LogP contribution in [0, 0.1) is 23.7 Å². The average molecular weight is 1020 g/mol. The third-order valence-electron chi connectivity index (χ3n) is 14.8. The Morgan fingerprint density at radius 3 is 1.36 bits per heavy atom. The molecule has 0 fully saturated rings. The number of aromatic nitrogens is 4. The summed E-state index contributed by atoms with van der Waals surface area (Å²) in [6, 6.07) is 11.1. The first-order valence-electron chi connectivity index (χ1n) is 25.9. The number of benzene rings is 3. The molecule has 0 spiro atoms.